The molecule has 0 aliphatic carbocycles. The molecular formula is C26H20N2O. The van der Waals surface area contributed by atoms with Gasteiger partial charge in [-0.2, -0.15) is 0 Å². The van der Waals surface area contributed by atoms with Crippen LogP contribution in [-0.2, 0) is 0 Å². The van der Waals surface area contributed by atoms with Crippen molar-refractivity contribution < 1.29 is 4.74 Å². The molecule has 1 N–H and O–H groups in total. The first-order valence-electron chi connectivity index (χ1n) is 9.61. The van der Waals surface area contributed by atoms with Crippen LogP contribution in [0.1, 0.15) is 0 Å². The summed E-state index contributed by atoms with van der Waals surface area (Å²) in [4.78, 5) is 4.98. The van der Waals surface area contributed by atoms with Crippen molar-refractivity contribution in [2.24, 2.45) is 0 Å². The summed E-state index contributed by atoms with van der Waals surface area (Å²) < 4.78 is 5.33. The maximum absolute atomic E-state index is 5.33. The fourth-order valence-electron chi connectivity index (χ4n) is 3.70. The van der Waals surface area contributed by atoms with E-state index in [2.05, 4.69) is 59.9 Å². The van der Waals surface area contributed by atoms with E-state index in [1.54, 1.807) is 7.11 Å². The summed E-state index contributed by atoms with van der Waals surface area (Å²) in [6, 6.07) is 33.1. The fourth-order valence-corrected chi connectivity index (χ4v) is 3.70. The van der Waals surface area contributed by atoms with Crippen LogP contribution in [0.5, 0.6) is 5.75 Å². The lowest BCUT2D eigenvalue weighted by molar-refractivity contribution is 0.415. The van der Waals surface area contributed by atoms with Gasteiger partial charge in [0.25, 0.3) is 0 Å². The normalized spacial score (nSPS) is 10.9. The second-order valence-corrected chi connectivity index (χ2v) is 6.96. The van der Waals surface area contributed by atoms with Crippen molar-refractivity contribution in [1.82, 2.24) is 4.98 Å². The van der Waals surface area contributed by atoms with E-state index in [9.17, 15) is 0 Å². The highest BCUT2D eigenvalue weighted by Crippen LogP contribution is 2.35. The summed E-state index contributed by atoms with van der Waals surface area (Å²) in [5, 5.41) is 6.92. The molecule has 140 valence electrons. The number of hydrogen-bond acceptors (Lipinski definition) is 3. The Morgan fingerprint density at radius 2 is 1.48 bits per heavy atom. The standard InChI is InChI=1S/C26H20N2O/c1-29-21-14-11-19(12-15-21)24-17-25(27-20-8-3-2-4-9-20)28-26-22-10-6-5-7-18(22)13-16-23(24)26/h2-17H,1H3,(H,27,28). The Morgan fingerprint density at radius 1 is 0.724 bits per heavy atom. The molecule has 0 fully saturated rings. The van der Waals surface area contributed by atoms with E-state index < -0.39 is 0 Å². The van der Waals surface area contributed by atoms with Crippen LogP contribution in [0.3, 0.4) is 0 Å². The third-order valence-electron chi connectivity index (χ3n) is 5.15. The first kappa shape index (κ1) is 17.3. The van der Waals surface area contributed by atoms with E-state index >= 15 is 0 Å². The van der Waals surface area contributed by atoms with Crippen molar-refractivity contribution in [3.05, 3.63) is 97.1 Å². The van der Waals surface area contributed by atoms with Crippen LogP contribution in [-0.4, -0.2) is 12.1 Å². The SMILES string of the molecule is COc1ccc(-c2cc(Nc3ccccc3)nc3c2ccc2ccccc23)cc1. The number of hydrogen-bond donors (Lipinski definition) is 1. The van der Waals surface area contributed by atoms with Crippen LogP contribution in [0.15, 0.2) is 97.1 Å². The molecule has 0 saturated heterocycles. The molecule has 0 amide bonds. The van der Waals surface area contributed by atoms with E-state index in [4.69, 9.17) is 9.72 Å². The number of anilines is 2. The molecule has 0 atom stereocenters. The average molecular weight is 376 g/mol. The monoisotopic (exact) mass is 376 g/mol. The quantitative estimate of drug-likeness (QED) is 0.350. The van der Waals surface area contributed by atoms with Gasteiger partial charge in [-0.25, -0.2) is 4.98 Å². The molecule has 5 rings (SSSR count). The number of nitrogens with one attached hydrogen (secondary N) is 1. The molecule has 1 heterocycles. The maximum atomic E-state index is 5.33. The zero-order valence-corrected chi connectivity index (χ0v) is 16.1. The Morgan fingerprint density at radius 3 is 2.28 bits per heavy atom. The predicted octanol–water partition coefficient (Wildman–Crippen LogP) is 6.81. The minimum absolute atomic E-state index is 0.825. The highest BCUT2D eigenvalue weighted by atomic mass is 16.5. The molecule has 3 nitrogen and oxygen atoms in total. The number of pyridine rings is 1. The smallest absolute Gasteiger partial charge is 0.131 e. The van der Waals surface area contributed by atoms with Gasteiger partial charge in [-0.3, -0.25) is 0 Å². The third kappa shape index (κ3) is 3.27. The predicted molar refractivity (Wildman–Crippen MR) is 121 cm³/mol. The lowest BCUT2D eigenvalue weighted by Crippen LogP contribution is -1.96. The average Bonchev–Trinajstić information content (AvgIpc) is 2.79. The molecular weight excluding hydrogens is 356 g/mol. The third-order valence-corrected chi connectivity index (χ3v) is 5.15. The molecule has 29 heavy (non-hydrogen) atoms. The number of ether oxygens (including phenoxy) is 1. The number of methoxy groups -OCH3 is 1. The number of benzene rings is 4. The second kappa shape index (κ2) is 7.28. The highest BCUT2D eigenvalue weighted by Gasteiger charge is 2.11. The largest absolute Gasteiger partial charge is 0.497 e. The minimum Gasteiger partial charge on any atom is -0.497 e. The van der Waals surface area contributed by atoms with Crippen LogP contribution in [0, 0.1) is 0 Å². The fraction of sp³-hybridized carbons (Fsp3) is 0.0385. The zero-order valence-electron chi connectivity index (χ0n) is 16.1. The minimum atomic E-state index is 0.825. The van der Waals surface area contributed by atoms with Crippen molar-refractivity contribution in [1.29, 1.82) is 0 Å². The molecule has 0 spiro atoms. The van der Waals surface area contributed by atoms with E-state index in [1.165, 1.54) is 5.39 Å². The molecule has 5 aromatic rings. The van der Waals surface area contributed by atoms with Gasteiger partial charge < -0.3 is 10.1 Å². The van der Waals surface area contributed by atoms with Crippen molar-refractivity contribution in [2.45, 2.75) is 0 Å². The molecule has 0 saturated carbocycles. The van der Waals surface area contributed by atoms with Gasteiger partial charge in [0.2, 0.25) is 0 Å². The Hall–Kier alpha value is -3.85. The summed E-state index contributed by atoms with van der Waals surface area (Å²) in [5.74, 6) is 1.67. The summed E-state index contributed by atoms with van der Waals surface area (Å²) in [6.07, 6.45) is 0. The lowest BCUT2D eigenvalue weighted by atomic mass is 9.98. The maximum Gasteiger partial charge on any atom is 0.131 e. The number of para-hydroxylation sites is 1. The molecule has 0 radical (unpaired) electrons. The topological polar surface area (TPSA) is 34.1 Å². The molecule has 0 aliphatic rings. The van der Waals surface area contributed by atoms with Crippen LogP contribution in [0.25, 0.3) is 32.8 Å². The Labute approximate surface area is 169 Å². The number of nitrogens with zero attached hydrogens (tertiary/aromatic N) is 1. The molecule has 0 bridgehead atoms. The molecule has 0 aliphatic heterocycles. The van der Waals surface area contributed by atoms with Crippen molar-refractivity contribution >= 4 is 33.2 Å². The molecule has 1 aromatic heterocycles. The van der Waals surface area contributed by atoms with Gasteiger partial charge in [0.1, 0.15) is 11.6 Å². The van der Waals surface area contributed by atoms with Gasteiger partial charge in [-0.1, -0.05) is 66.7 Å². The van der Waals surface area contributed by atoms with Gasteiger partial charge in [0.05, 0.1) is 12.6 Å². The van der Waals surface area contributed by atoms with Gasteiger partial charge in [-0.05, 0) is 46.8 Å². The Kier molecular flexibility index (Phi) is 4.34. The number of aromatic nitrogens is 1. The summed E-state index contributed by atoms with van der Waals surface area (Å²) in [6.45, 7) is 0. The number of rotatable bonds is 4. The summed E-state index contributed by atoms with van der Waals surface area (Å²) in [5.41, 5.74) is 4.28. The van der Waals surface area contributed by atoms with Crippen LogP contribution >= 0.6 is 0 Å². The van der Waals surface area contributed by atoms with Gasteiger partial charge in [0, 0.05) is 16.5 Å². The summed E-state index contributed by atoms with van der Waals surface area (Å²) in [7, 11) is 1.69. The van der Waals surface area contributed by atoms with Crippen LogP contribution in [0.2, 0.25) is 0 Å². The Bertz CT molecular complexity index is 1300. The van der Waals surface area contributed by atoms with E-state index in [1.807, 2.05) is 42.5 Å². The van der Waals surface area contributed by atoms with Gasteiger partial charge >= 0.3 is 0 Å². The zero-order chi connectivity index (χ0) is 19.6. The molecule has 4 aromatic carbocycles. The summed E-state index contributed by atoms with van der Waals surface area (Å²) >= 11 is 0. The van der Waals surface area contributed by atoms with Crippen molar-refractivity contribution in [3.8, 4) is 16.9 Å². The van der Waals surface area contributed by atoms with Gasteiger partial charge in [-0.15, -0.1) is 0 Å². The van der Waals surface area contributed by atoms with E-state index in [0.29, 0.717) is 0 Å². The molecule has 0 unspecified atom stereocenters. The van der Waals surface area contributed by atoms with Crippen LogP contribution < -0.4 is 10.1 Å². The lowest BCUT2D eigenvalue weighted by Gasteiger charge is -2.14. The Balaban J connectivity index is 1.75. The van der Waals surface area contributed by atoms with Crippen molar-refractivity contribution in [3.63, 3.8) is 0 Å². The highest BCUT2D eigenvalue weighted by molar-refractivity contribution is 6.10. The van der Waals surface area contributed by atoms with Crippen LogP contribution in [0.4, 0.5) is 11.5 Å². The van der Waals surface area contributed by atoms with E-state index in [0.717, 1.165) is 44.7 Å². The van der Waals surface area contributed by atoms with E-state index in [-0.39, 0.29) is 0 Å². The number of fused-ring (bicyclic) bond motifs is 3. The first-order chi connectivity index (χ1) is 14.3. The molecule has 3 heteroatoms. The first-order valence-corrected chi connectivity index (χ1v) is 9.61. The van der Waals surface area contributed by atoms with Crippen molar-refractivity contribution in [2.75, 3.05) is 12.4 Å². The second-order valence-electron chi connectivity index (χ2n) is 6.96. The van der Waals surface area contributed by atoms with Gasteiger partial charge in [0.15, 0.2) is 0 Å².